The van der Waals surface area contributed by atoms with Crippen molar-refractivity contribution in [2.24, 2.45) is 0 Å². The molecule has 2 aromatic carbocycles. The SMILES string of the molecule is Cc1cccc(OCC(=O)Nc2ccc(CN3CCCCC3)cc2)c1C. The molecule has 0 aromatic heterocycles. The second-order valence-electron chi connectivity index (χ2n) is 7.07. The van der Waals surface area contributed by atoms with Gasteiger partial charge in [-0.1, -0.05) is 30.7 Å². The van der Waals surface area contributed by atoms with E-state index in [9.17, 15) is 4.79 Å². The van der Waals surface area contributed by atoms with Crippen LogP contribution in [0.5, 0.6) is 5.75 Å². The molecule has 4 nitrogen and oxygen atoms in total. The zero-order valence-corrected chi connectivity index (χ0v) is 15.8. The number of anilines is 1. The van der Waals surface area contributed by atoms with Gasteiger partial charge >= 0.3 is 0 Å². The summed E-state index contributed by atoms with van der Waals surface area (Å²) in [4.78, 5) is 14.6. The highest BCUT2D eigenvalue weighted by molar-refractivity contribution is 5.91. The lowest BCUT2D eigenvalue weighted by Crippen LogP contribution is -2.29. The first-order valence-corrected chi connectivity index (χ1v) is 9.42. The van der Waals surface area contributed by atoms with E-state index in [1.807, 2.05) is 44.2 Å². The van der Waals surface area contributed by atoms with Crippen LogP contribution in [0.3, 0.4) is 0 Å². The van der Waals surface area contributed by atoms with Crippen molar-refractivity contribution in [3.05, 3.63) is 59.2 Å². The smallest absolute Gasteiger partial charge is 0.262 e. The summed E-state index contributed by atoms with van der Waals surface area (Å²) in [5.41, 5.74) is 4.33. The summed E-state index contributed by atoms with van der Waals surface area (Å²) in [6.07, 6.45) is 3.95. The van der Waals surface area contributed by atoms with Crippen LogP contribution in [-0.4, -0.2) is 30.5 Å². The highest BCUT2D eigenvalue weighted by atomic mass is 16.5. The van der Waals surface area contributed by atoms with Gasteiger partial charge in [-0.2, -0.15) is 0 Å². The van der Waals surface area contributed by atoms with Crippen LogP contribution in [0.1, 0.15) is 36.0 Å². The molecule has 0 aliphatic carbocycles. The minimum Gasteiger partial charge on any atom is -0.483 e. The lowest BCUT2D eigenvalue weighted by molar-refractivity contribution is -0.118. The van der Waals surface area contributed by atoms with Crippen LogP contribution in [0.2, 0.25) is 0 Å². The predicted molar refractivity (Wildman–Crippen MR) is 106 cm³/mol. The van der Waals surface area contributed by atoms with Crippen molar-refractivity contribution in [1.29, 1.82) is 0 Å². The highest BCUT2D eigenvalue weighted by Gasteiger charge is 2.11. The molecular weight excluding hydrogens is 324 g/mol. The van der Waals surface area contributed by atoms with Gasteiger partial charge < -0.3 is 10.1 Å². The third kappa shape index (κ3) is 5.09. The second-order valence-corrected chi connectivity index (χ2v) is 7.07. The summed E-state index contributed by atoms with van der Waals surface area (Å²) < 4.78 is 5.66. The number of amides is 1. The first-order chi connectivity index (χ1) is 12.6. The van der Waals surface area contributed by atoms with E-state index >= 15 is 0 Å². The molecular formula is C22H28N2O2. The maximum Gasteiger partial charge on any atom is 0.262 e. The predicted octanol–water partition coefficient (Wildman–Crippen LogP) is 4.31. The molecule has 0 unspecified atom stereocenters. The molecule has 0 saturated carbocycles. The van der Waals surface area contributed by atoms with Crippen LogP contribution in [0.15, 0.2) is 42.5 Å². The average Bonchev–Trinajstić information content (AvgIpc) is 2.65. The normalized spacial score (nSPS) is 14.8. The van der Waals surface area contributed by atoms with Crippen molar-refractivity contribution >= 4 is 11.6 Å². The van der Waals surface area contributed by atoms with Gasteiger partial charge in [0, 0.05) is 12.2 Å². The monoisotopic (exact) mass is 352 g/mol. The molecule has 1 heterocycles. The number of benzene rings is 2. The number of ether oxygens (including phenoxy) is 1. The fraction of sp³-hybridized carbons (Fsp3) is 0.409. The first-order valence-electron chi connectivity index (χ1n) is 9.42. The molecule has 0 radical (unpaired) electrons. The molecule has 1 amide bonds. The van der Waals surface area contributed by atoms with Crippen LogP contribution in [0.4, 0.5) is 5.69 Å². The number of hydrogen-bond acceptors (Lipinski definition) is 3. The van der Waals surface area contributed by atoms with Crippen molar-refractivity contribution in [2.45, 2.75) is 39.7 Å². The average molecular weight is 352 g/mol. The Kier molecular flexibility index (Phi) is 6.29. The Hall–Kier alpha value is -2.33. The third-order valence-electron chi connectivity index (χ3n) is 5.01. The highest BCUT2D eigenvalue weighted by Crippen LogP contribution is 2.20. The summed E-state index contributed by atoms with van der Waals surface area (Å²) in [5, 5.41) is 2.90. The lowest BCUT2D eigenvalue weighted by atomic mass is 10.1. The van der Waals surface area contributed by atoms with Gasteiger partial charge in [0.15, 0.2) is 6.61 Å². The molecule has 3 rings (SSSR count). The number of nitrogens with zero attached hydrogens (tertiary/aromatic N) is 1. The Morgan fingerprint density at radius 2 is 1.77 bits per heavy atom. The second kappa shape index (κ2) is 8.86. The van der Waals surface area contributed by atoms with E-state index in [4.69, 9.17) is 4.74 Å². The summed E-state index contributed by atoms with van der Waals surface area (Å²) in [5.74, 6) is 0.617. The Morgan fingerprint density at radius 3 is 2.50 bits per heavy atom. The van der Waals surface area contributed by atoms with E-state index in [0.29, 0.717) is 0 Å². The molecule has 1 N–H and O–H groups in total. The number of rotatable bonds is 6. The van der Waals surface area contributed by atoms with Gasteiger partial charge in [-0.3, -0.25) is 9.69 Å². The minimum absolute atomic E-state index is 0.0137. The summed E-state index contributed by atoms with van der Waals surface area (Å²) in [7, 11) is 0. The Balaban J connectivity index is 1.48. The largest absolute Gasteiger partial charge is 0.483 e. The number of nitrogens with one attached hydrogen (secondary N) is 1. The minimum atomic E-state index is -0.144. The van der Waals surface area contributed by atoms with E-state index in [1.165, 1.54) is 37.9 Å². The number of carbonyl (C=O) groups is 1. The fourth-order valence-corrected chi connectivity index (χ4v) is 3.29. The maximum atomic E-state index is 12.1. The molecule has 1 aliphatic heterocycles. The fourth-order valence-electron chi connectivity index (χ4n) is 3.29. The standard InChI is InChI=1S/C22H28N2O2/c1-17-7-6-8-21(18(17)2)26-16-22(25)23-20-11-9-19(10-12-20)15-24-13-4-3-5-14-24/h6-12H,3-5,13-16H2,1-2H3,(H,23,25). The van der Waals surface area contributed by atoms with Gasteiger partial charge in [0.25, 0.3) is 5.91 Å². The van der Waals surface area contributed by atoms with Crippen LogP contribution >= 0.6 is 0 Å². The van der Waals surface area contributed by atoms with E-state index < -0.39 is 0 Å². The molecule has 0 spiro atoms. The number of piperidine rings is 1. The van der Waals surface area contributed by atoms with Crippen LogP contribution < -0.4 is 10.1 Å². The number of hydrogen-bond donors (Lipinski definition) is 1. The van der Waals surface area contributed by atoms with Gasteiger partial charge in [-0.25, -0.2) is 0 Å². The Bertz CT molecular complexity index is 734. The van der Waals surface area contributed by atoms with E-state index in [2.05, 4.69) is 22.3 Å². The number of likely N-dealkylation sites (tertiary alicyclic amines) is 1. The van der Waals surface area contributed by atoms with Crippen LogP contribution in [0.25, 0.3) is 0 Å². The summed E-state index contributed by atoms with van der Waals surface area (Å²) >= 11 is 0. The van der Waals surface area contributed by atoms with Gasteiger partial charge in [-0.15, -0.1) is 0 Å². The van der Waals surface area contributed by atoms with Gasteiger partial charge in [-0.05, 0) is 74.7 Å². The van der Waals surface area contributed by atoms with E-state index in [1.54, 1.807) is 0 Å². The zero-order chi connectivity index (χ0) is 18.4. The summed E-state index contributed by atoms with van der Waals surface area (Å²) in [6, 6.07) is 14.0. The molecule has 0 bridgehead atoms. The van der Waals surface area contributed by atoms with Crippen LogP contribution in [0, 0.1) is 13.8 Å². The molecule has 4 heteroatoms. The van der Waals surface area contributed by atoms with E-state index in [0.717, 1.165) is 29.1 Å². The maximum absolute atomic E-state index is 12.1. The number of aryl methyl sites for hydroxylation is 1. The van der Waals surface area contributed by atoms with Crippen molar-refractivity contribution in [1.82, 2.24) is 4.90 Å². The molecule has 1 aliphatic rings. The third-order valence-corrected chi connectivity index (χ3v) is 5.01. The summed E-state index contributed by atoms with van der Waals surface area (Å²) in [6.45, 7) is 7.42. The molecule has 1 fully saturated rings. The Morgan fingerprint density at radius 1 is 1.04 bits per heavy atom. The van der Waals surface area contributed by atoms with Gasteiger partial charge in [0.05, 0.1) is 0 Å². The van der Waals surface area contributed by atoms with Crippen molar-refractivity contribution < 1.29 is 9.53 Å². The quantitative estimate of drug-likeness (QED) is 0.842. The first kappa shape index (κ1) is 18.5. The van der Waals surface area contributed by atoms with Crippen molar-refractivity contribution in [3.8, 4) is 5.75 Å². The molecule has 1 saturated heterocycles. The molecule has 0 atom stereocenters. The van der Waals surface area contributed by atoms with Crippen molar-refractivity contribution in [2.75, 3.05) is 25.0 Å². The lowest BCUT2D eigenvalue weighted by Gasteiger charge is -2.26. The van der Waals surface area contributed by atoms with Gasteiger partial charge in [0.1, 0.15) is 5.75 Å². The molecule has 2 aromatic rings. The zero-order valence-electron chi connectivity index (χ0n) is 15.8. The van der Waals surface area contributed by atoms with Crippen LogP contribution in [-0.2, 0) is 11.3 Å². The topological polar surface area (TPSA) is 41.6 Å². The van der Waals surface area contributed by atoms with Gasteiger partial charge in [0.2, 0.25) is 0 Å². The van der Waals surface area contributed by atoms with Crippen molar-refractivity contribution in [3.63, 3.8) is 0 Å². The molecule has 138 valence electrons. The van der Waals surface area contributed by atoms with E-state index in [-0.39, 0.29) is 12.5 Å². The number of carbonyl (C=O) groups excluding carboxylic acids is 1. The molecule has 26 heavy (non-hydrogen) atoms. The Labute approximate surface area is 156 Å².